The fourth-order valence-corrected chi connectivity index (χ4v) is 4.05. The minimum absolute atomic E-state index is 0.205. The fraction of sp³-hybridized carbons (Fsp3) is 0.471. The molecular weight excluding hydrogens is 280 g/mol. The molecule has 3 nitrogen and oxygen atoms in total. The van der Waals surface area contributed by atoms with Gasteiger partial charge in [-0.2, -0.15) is 0 Å². The summed E-state index contributed by atoms with van der Waals surface area (Å²) in [4.78, 5) is 8.08. The number of aryl methyl sites for hydroxylation is 2. The van der Waals surface area contributed by atoms with Crippen LogP contribution in [-0.4, -0.2) is 28.1 Å². The number of nitrogens with zero attached hydrogens (tertiary/aromatic N) is 2. The Morgan fingerprint density at radius 2 is 2.24 bits per heavy atom. The fourth-order valence-electron chi connectivity index (χ4n) is 3.24. The second kappa shape index (κ2) is 6.69. The average molecular weight is 302 g/mol. The van der Waals surface area contributed by atoms with Gasteiger partial charge in [0.25, 0.3) is 0 Å². The van der Waals surface area contributed by atoms with Crippen LogP contribution in [0.15, 0.2) is 29.8 Å². The minimum atomic E-state index is 0.205. The third-order valence-electron chi connectivity index (χ3n) is 4.36. The molecule has 1 aliphatic carbocycles. The highest BCUT2D eigenvalue weighted by atomic mass is 32.1. The van der Waals surface area contributed by atoms with E-state index >= 15 is 0 Å². The largest absolute Gasteiger partial charge is 0.395 e. The maximum absolute atomic E-state index is 9.46. The molecule has 0 amide bonds. The van der Waals surface area contributed by atoms with Crippen LogP contribution in [0.1, 0.15) is 40.6 Å². The van der Waals surface area contributed by atoms with Gasteiger partial charge in [0, 0.05) is 24.0 Å². The van der Waals surface area contributed by atoms with Crippen molar-refractivity contribution < 1.29 is 5.11 Å². The van der Waals surface area contributed by atoms with Gasteiger partial charge in [0.05, 0.1) is 17.8 Å². The molecule has 0 saturated carbocycles. The number of thiazole rings is 1. The van der Waals surface area contributed by atoms with E-state index in [-0.39, 0.29) is 6.61 Å². The number of aliphatic hydroxyl groups excluding tert-OH is 1. The van der Waals surface area contributed by atoms with E-state index in [1.165, 1.54) is 35.3 Å². The van der Waals surface area contributed by atoms with Crippen molar-refractivity contribution >= 4 is 11.3 Å². The molecule has 112 valence electrons. The standard InChI is InChI=1S/C17H22N2OS/c1-13-17(21-12-18-13)11-19(9-10-20)16-8-4-6-14-5-2-3-7-15(14)16/h2-3,5,7,12,16,20H,4,6,8-11H2,1H3. The summed E-state index contributed by atoms with van der Waals surface area (Å²) in [5, 5.41) is 9.46. The van der Waals surface area contributed by atoms with Gasteiger partial charge in [0.2, 0.25) is 0 Å². The molecule has 0 aliphatic heterocycles. The van der Waals surface area contributed by atoms with Crippen LogP contribution in [0.4, 0.5) is 0 Å². The number of hydrogen-bond donors (Lipinski definition) is 1. The molecule has 21 heavy (non-hydrogen) atoms. The van der Waals surface area contributed by atoms with Crippen LogP contribution >= 0.6 is 11.3 Å². The van der Waals surface area contributed by atoms with Gasteiger partial charge in [0.15, 0.2) is 0 Å². The van der Waals surface area contributed by atoms with Crippen molar-refractivity contribution in [2.45, 2.75) is 38.8 Å². The van der Waals surface area contributed by atoms with Crippen LogP contribution in [-0.2, 0) is 13.0 Å². The number of hydrogen-bond acceptors (Lipinski definition) is 4. The Morgan fingerprint density at radius 1 is 1.38 bits per heavy atom. The first-order valence-corrected chi connectivity index (χ1v) is 8.49. The van der Waals surface area contributed by atoms with Crippen molar-refractivity contribution in [2.75, 3.05) is 13.2 Å². The summed E-state index contributed by atoms with van der Waals surface area (Å²) >= 11 is 1.71. The molecule has 1 aromatic heterocycles. The average Bonchev–Trinajstić information content (AvgIpc) is 2.91. The second-order valence-electron chi connectivity index (χ2n) is 5.66. The molecule has 1 aliphatic rings. The SMILES string of the molecule is Cc1ncsc1CN(CCO)C1CCCc2ccccc21. The van der Waals surface area contributed by atoms with Crippen LogP contribution in [0.2, 0.25) is 0 Å². The predicted molar refractivity (Wildman–Crippen MR) is 86.5 cm³/mol. The van der Waals surface area contributed by atoms with Gasteiger partial charge in [-0.15, -0.1) is 11.3 Å². The lowest BCUT2D eigenvalue weighted by Gasteiger charge is -2.35. The second-order valence-corrected chi connectivity index (χ2v) is 6.60. The first-order valence-electron chi connectivity index (χ1n) is 7.61. The number of rotatable bonds is 5. The van der Waals surface area contributed by atoms with E-state index in [9.17, 15) is 5.11 Å². The number of benzene rings is 1. The van der Waals surface area contributed by atoms with Crippen molar-refractivity contribution in [3.05, 3.63) is 51.5 Å². The molecule has 4 heteroatoms. The predicted octanol–water partition coefficient (Wildman–Crippen LogP) is 3.32. The van der Waals surface area contributed by atoms with Crippen LogP contribution < -0.4 is 0 Å². The summed E-state index contributed by atoms with van der Waals surface area (Å²) in [5.41, 5.74) is 5.94. The van der Waals surface area contributed by atoms with E-state index in [0.717, 1.165) is 18.8 Å². The van der Waals surface area contributed by atoms with Crippen molar-refractivity contribution in [1.82, 2.24) is 9.88 Å². The monoisotopic (exact) mass is 302 g/mol. The number of aromatic nitrogens is 1. The van der Waals surface area contributed by atoms with Gasteiger partial charge >= 0.3 is 0 Å². The summed E-state index contributed by atoms with van der Waals surface area (Å²) in [7, 11) is 0. The lowest BCUT2D eigenvalue weighted by molar-refractivity contribution is 0.132. The lowest BCUT2D eigenvalue weighted by Crippen LogP contribution is -2.33. The molecule has 3 rings (SSSR count). The summed E-state index contributed by atoms with van der Waals surface area (Å²) < 4.78 is 0. The molecule has 1 unspecified atom stereocenters. The van der Waals surface area contributed by atoms with Crippen molar-refractivity contribution in [1.29, 1.82) is 0 Å². The smallest absolute Gasteiger partial charge is 0.0798 e. The summed E-state index contributed by atoms with van der Waals surface area (Å²) in [5.74, 6) is 0. The van der Waals surface area contributed by atoms with E-state index in [0.29, 0.717) is 6.04 Å². The van der Waals surface area contributed by atoms with Crippen molar-refractivity contribution in [2.24, 2.45) is 0 Å². The maximum atomic E-state index is 9.46. The van der Waals surface area contributed by atoms with Gasteiger partial charge in [-0.25, -0.2) is 4.98 Å². The molecule has 1 atom stereocenters. The summed E-state index contributed by atoms with van der Waals surface area (Å²) in [6.07, 6.45) is 3.58. The molecule has 2 aromatic rings. The highest BCUT2D eigenvalue weighted by molar-refractivity contribution is 7.09. The van der Waals surface area contributed by atoms with Gasteiger partial charge in [0.1, 0.15) is 0 Å². The molecule has 1 heterocycles. The Hall–Kier alpha value is -1.23. The summed E-state index contributed by atoms with van der Waals surface area (Å²) in [6, 6.07) is 9.18. The van der Waals surface area contributed by atoms with Crippen LogP contribution in [0.25, 0.3) is 0 Å². The lowest BCUT2D eigenvalue weighted by atomic mass is 9.86. The van der Waals surface area contributed by atoms with Crippen LogP contribution in [0.3, 0.4) is 0 Å². The number of fused-ring (bicyclic) bond motifs is 1. The van der Waals surface area contributed by atoms with E-state index in [1.54, 1.807) is 11.3 Å². The molecule has 1 aromatic carbocycles. The number of aliphatic hydroxyl groups is 1. The minimum Gasteiger partial charge on any atom is -0.395 e. The van der Waals surface area contributed by atoms with Gasteiger partial charge in [-0.3, -0.25) is 4.90 Å². The third-order valence-corrected chi connectivity index (χ3v) is 5.28. The molecule has 0 radical (unpaired) electrons. The molecule has 0 fully saturated rings. The zero-order valence-corrected chi connectivity index (χ0v) is 13.3. The van der Waals surface area contributed by atoms with Crippen molar-refractivity contribution in [3.63, 3.8) is 0 Å². The molecule has 0 bridgehead atoms. The third kappa shape index (κ3) is 3.18. The van der Waals surface area contributed by atoms with Gasteiger partial charge in [-0.1, -0.05) is 24.3 Å². The molecule has 0 spiro atoms. The van der Waals surface area contributed by atoms with E-state index in [2.05, 4.69) is 41.1 Å². The van der Waals surface area contributed by atoms with E-state index in [1.807, 2.05) is 5.51 Å². The molecular formula is C17H22N2OS. The Labute approximate surface area is 130 Å². The van der Waals surface area contributed by atoms with Crippen molar-refractivity contribution in [3.8, 4) is 0 Å². The van der Waals surface area contributed by atoms with Crippen LogP contribution in [0.5, 0.6) is 0 Å². The Kier molecular flexibility index (Phi) is 4.68. The topological polar surface area (TPSA) is 36.4 Å². The zero-order valence-electron chi connectivity index (χ0n) is 12.5. The van der Waals surface area contributed by atoms with E-state index < -0.39 is 0 Å². The van der Waals surface area contributed by atoms with E-state index in [4.69, 9.17) is 0 Å². The molecule has 0 saturated heterocycles. The first kappa shape index (κ1) is 14.7. The normalized spacial score (nSPS) is 18.0. The van der Waals surface area contributed by atoms with Crippen LogP contribution in [0, 0.1) is 6.92 Å². The van der Waals surface area contributed by atoms with Gasteiger partial charge < -0.3 is 5.11 Å². The summed E-state index contributed by atoms with van der Waals surface area (Å²) in [6.45, 7) is 3.88. The highest BCUT2D eigenvalue weighted by Gasteiger charge is 2.26. The molecule has 1 N–H and O–H groups in total. The Morgan fingerprint density at radius 3 is 3.00 bits per heavy atom. The quantitative estimate of drug-likeness (QED) is 0.920. The van der Waals surface area contributed by atoms with Gasteiger partial charge in [-0.05, 0) is 37.3 Å². The maximum Gasteiger partial charge on any atom is 0.0798 e. The highest BCUT2D eigenvalue weighted by Crippen LogP contribution is 2.35. The zero-order chi connectivity index (χ0) is 14.7. The Balaban J connectivity index is 1.86. The first-order chi connectivity index (χ1) is 10.3. The Bertz CT molecular complexity index is 596.